The first-order valence-electron chi connectivity index (χ1n) is 10.4. The minimum absolute atomic E-state index is 0.188. The van der Waals surface area contributed by atoms with Gasteiger partial charge in [-0.2, -0.15) is 0 Å². The van der Waals surface area contributed by atoms with Gasteiger partial charge in [0.05, 0.1) is 0 Å². The van der Waals surface area contributed by atoms with Crippen LogP contribution in [0.2, 0.25) is 0 Å². The predicted molar refractivity (Wildman–Crippen MR) is 124 cm³/mol. The number of anilines is 1. The maximum Gasteiger partial charge on any atom is 0.251 e. The molecule has 2 N–H and O–H groups in total. The number of rotatable bonds is 9. The summed E-state index contributed by atoms with van der Waals surface area (Å²) >= 11 is 0. The number of aliphatic imine (C=N–C) groups is 1. The van der Waals surface area contributed by atoms with Crippen molar-refractivity contribution in [2.45, 2.75) is 26.0 Å². The van der Waals surface area contributed by atoms with Gasteiger partial charge in [-0.1, -0.05) is 36.4 Å². The fourth-order valence-corrected chi connectivity index (χ4v) is 3.47. The van der Waals surface area contributed by atoms with E-state index in [0.29, 0.717) is 23.6 Å². The average molecular weight is 420 g/mol. The zero-order valence-corrected chi connectivity index (χ0v) is 17.8. The Kier molecular flexibility index (Phi) is 8.15. The number of benzene rings is 2. The number of hydrogen-bond donors (Lipinski definition) is 2. The molecule has 2 aromatic rings. The Bertz CT molecular complexity index is 968. The van der Waals surface area contributed by atoms with E-state index in [-0.39, 0.29) is 12.5 Å². The lowest BCUT2D eigenvalue weighted by Crippen LogP contribution is -2.38. The minimum Gasteiger partial charge on any atom is -0.491 e. The van der Waals surface area contributed by atoms with Gasteiger partial charge in [-0.15, -0.1) is 0 Å². The number of fused-ring (bicyclic) bond motifs is 1. The van der Waals surface area contributed by atoms with E-state index in [1.54, 1.807) is 43.3 Å². The molecule has 6 nitrogen and oxygen atoms in total. The summed E-state index contributed by atoms with van der Waals surface area (Å²) in [5.74, 6) is 0.384. The standard InChI is InChI=1S/C25H29N3O3/c1-19(7-6-13-26-2)25(30)27-22-10-5-11-24(15-22)31-18-23(29)17-28-14-12-20-8-3-4-9-21(20)16-28/h3-11,13,15,23,29H,2,12,14,16-18H2,1H3,(H,27,30)/b13-6-,19-7+. The van der Waals surface area contributed by atoms with Crippen LogP contribution >= 0.6 is 0 Å². The van der Waals surface area contributed by atoms with E-state index in [0.717, 1.165) is 19.5 Å². The van der Waals surface area contributed by atoms with Crippen LogP contribution in [0.5, 0.6) is 5.75 Å². The summed E-state index contributed by atoms with van der Waals surface area (Å²) in [4.78, 5) is 18.1. The topological polar surface area (TPSA) is 74.2 Å². The van der Waals surface area contributed by atoms with Crippen LogP contribution in [-0.2, 0) is 17.8 Å². The highest BCUT2D eigenvalue weighted by Crippen LogP contribution is 2.20. The molecule has 1 atom stereocenters. The molecule has 1 heterocycles. The number of carbonyl (C=O) groups is 1. The zero-order chi connectivity index (χ0) is 22.1. The summed E-state index contributed by atoms with van der Waals surface area (Å²) in [6, 6.07) is 15.6. The van der Waals surface area contributed by atoms with Gasteiger partial charge in [0.2, 0.25) is 0 Å². The highest BCUT2D eigenvalue weighted by Gasteiger charge is 2.18. The van der Waals surface area contributed by atoms with Gasteiger partial charge in [-0.25, -0.2) is 0 Å². The van der Waals surface area contributed by atoms with Gasteiger partial charge in [0.15, 0.2) is 0 Å². The second-order valence-electron chi connectivity index (χ2n) is 7.57. The van der Waals surface area contributed by atoms with E-state index in [1.165, 1.54) is 17.3 Å². The molecule has 0 bridgehead atoms. The lowest BCUT2D eigenvalue weighted by atomic mass is 10.00. The van der Waals surface area contributed by atoms with Crippen LogP contribution in [0.4, 0.5) is 5.69 Å². The van der Waals surface area contributed by atoms with Crippen LogP contribution < -0.4 is 10.1 Å². The Hall–Kier alpha value is -3.22. The van der Waals surface area contributed by atoms with Gasteiger partial charge in [0.25, 0.3) is 5.91 Å². The van der Waals surface area contributed by atoms with Crippen molar-refractivity contribution in [3.05, 3.63) is 83.6 Å². The van der Waals surface area contributed by atoms with Gasteiger partial charge < -0.3 is 15.2 Å². The van der Waals surface area contributed by atoms with Crippen LogP contribution in [0.25, 0.3) is 0 Å². The van der Waals surface area contributed by atoms with Crippen molar-refractivity contribution >= 4 is 18.3 Å². The number of amides is 1. The SMILES string of the molecule is C=N/C=C\C=C(/C)C(=O)Nc1cccc(OCC(O)CN2CCc3ccccc3C2)c1. The molecule has 162 valence electrons. The van der Waals surface area contributed by atoms with Crippen LogP contribution in [0.3, 0.4) is 0 Å². The molecule has 0 aliphatic carbocycles. The van der Waals surface area contributed by atoms with E-state index in [9.17, 15) is 9.90 Å². The molecule has 0 aromatic heterocycles. The van der Waals surface area contributed by atoms with Crippen LogP contribution in [0, 0.1) is 0 Å². The largest absolute Gasteiger partial charge is 0.491 e. The molecule has 0 fully saturated rings. The summed E-state index contributed by atoms with van der Waals surface area (Å²) in [6.07, 6.45) is 5.24. The molecule has 2 aromatic carbocycles. The fourth-order valence-electron chi connectivity index (χ4n) is 3.47. The second-order valence-corrected chi connectivity index (χ2v) is 7.57. The second kappa shape index (κ2) is 11.2. The normalized spacial score (nSPS) is 15.4. The predicted octanol–water partition coefficient (Wildman–Crippen LogP) is 3.58. The molecular formula is C25H29N3O3. The van der Waals surface area contributed by atoms with Gasteiger partial charge in [-0.05, 0) is 49.4 Å². The third-order valence-corrected chi connectivity index (χ3v) is 5.11. The number of nitrogens with one attached hydrogen (secondary N) is 1. The first-order chi connectivity index (χ1) is 15.0. The molecule has 1 aliphatic rings. The third-order valence-electron chi connectivity index (χ3n) is 5.11. The minimum atomic E-state index is -0.598. The summed E-state index contributed by atoms with van der Waals surface area (Å²) in [6.45, 7) is 7.59. The summed E-state index contributed by atoms with van der Waals surface area (Å²) < 4.78 is 5.77. The first-order valence-corrected chi connectivity index (χ1v) is 10.4. The van der Waals surface area contributed by atoms with E-state index in [2.05, 4.69) is 46.2 Å². The number of ether oxygens (including phenoxy) is 1. The Morgan fingerprint density at radius 1 is 1.29 bits per heavy atom. The molecule has 0 saturated carbocycles. The number of carbonyl (C=O) groups excluding carboxylic acids is 1. The number of hydrogen-bond acceptors (Lipinski definition) is 5. The maximum atomic E-state index is 12.2. The van der Waals surface area contributed by atoms with Crippen molar-refractivity contribution in [3.8, 4) is 5.75 Å². The Labute approximate surface area is 183 Å². The van der Waals surface area contributed by atoms with Crippen molar-refractivity contribution in [1.29, 1.82) is 0 Å². The molecule has 3 rings (SSSR count). The summed E-state index contributed by atoms with van der Waals surface area (Å²) in [5, 5.41) is 13.3. The van der Waals surface area contributed by atoms with E-state index < -0.39 is 6.10 Å². The van der Waals surface area contributed by atoms with Gasteiger partial charge in [0, 0.05) is 43.2 Å². The van der Waals surface area contributed by atoms with E-state index in [4.69, 9.17) is 4.74 Å². The van der Waals surface area contributed by atoms with Crippen LogP contribution in [0.15, 0.2) is 77.4 Å². The molecule has 0 spiro atoms. The summed E-state index contributed by atoms with van der Waals surface area (Å²) in [7, 11) is 0. The quantitative estimate of drug-likeness (QED) is 0.370. The third kappa shape index (κ3) is 6.91. The molecule has 0 saturated heterocycles. The molecule has 1 amide bonds. The van der Waals surface area contributed by atoms with Crippen molar-refractivity contribution < 1.29 is 14.6 Å². The van der Waals surface area contributed by atoms with E-state index >= 15 is 0 Å². The van der Waals surface area contributed by atoms with Crippen molar-refractivity contribution in [2.24, 2.45) is 4.99 Å². The Balaban J connectivity index is 1.48. The molecule has 31 heavy (non-hydrogen) atoms. The smallest absolute Gasteiger partial charge is 0.251 e. The number of aliphatic hydroxyl groups excluding tert-OH is 1. The zero-order valence-electron chi connectivity index (χ0n) is 17.8. The molecule has 1 aliphatic heterocycles. The lowest BCUT2D eigenvalue weighted by molar-refractivity contribution is -0.112. The molecule has 0 radical (unpaired) electrons. The van der Waals surface area contributed by atoms with Crippen molar-refractivity contribution in [3.63, 3.8) is 0 Å². The fraction of sp³-hybridized carbons (Fsp3) is 0.280. The monoisotopic (exact) mass is 419 g/mol. The van der Waals surface area contributed by atoms with Gasteiger partial charge in [0.1, 0.15) is 18.5 Å². The Morgan fingerprint density at radius 3 is 2.90 bits per heavy atom. The number of aliphatic hydroxyl groups is 1. The van der Waals surface area contributed by atoms with Crippen molar-refractivity contribution in [1.82, 2.24) is 4.90 Å². The molecular weight excluding hydrogens is 390 g/mol. The number of β-amino-alcohol motifs (C(OH)–C–C–N with tert-alkyl or cyclic N) is 1. The average Bonchev–Trinajstić information content (AvgIpc) is 2.78. The molecule has 6 heteroatoms. The Morgan fingerprint density at radius 2 is 2.10 bits per heavy atom. The van der Waals surface area contributed by atoms with Crippen molar-refractivity contribution in [2.75, 3.05) is 25.0 Å². The van der Waals surface area contributed by atoms with E-state index in [1.807, 2.05) is 0 Å². The highest BCUT2D eigenvalue weighted by molar-refractivity contribution is 6.03. The van der Waals surface area contributed by atoms with Crippen LogP contribution in [-0.4, -0.2) is 48.4 Å². The first kappa shape index (κ1) is 22.5. The summed E-state index contributed by atoms with van der Waals surface area (Å²) in [5.41, 5.74) is 3.89. The number of nitrogens with zero attached hydrogens (tertiary/aromatic N) is 2. The number of allylic oxidation sites excluding steroid dienone is 2. The molecule has 1 unspecified atom stereocenters. The van der Waals surface area contributed by atoms with Gasteiger partial charge >= 0.3 is 0 Å². The lowest BCUT2D eigenvalue weighted by Gasteiger charge is -2.30. The maximum absolute atomic E-state index is 12.2. The van der Waals surface area contributed by atoms with Crippen LogP contribution in [0.1, 0.15) is 18.1 Å². The van der Waals surface area contributed by atoms with Gasteiger partial charge in [-0.3, -0.25) is 14.7 Å². The highest BCUT2D eigenvalue weighted by atomic mass is 16.5.